The Kier molecular flexibility index (Phi) is 7.06. The van der Waals surface area contributed by atoms with Crippen molar-refractivity contribution in [3.05, 3.63) is 35.4 Å². The van der Waals surface area contributed by atoms with E-state index in [2.05, 4.69) is 30.6 Å². The Balaban J connectivity index is 0.00000169. The normalized spacial score (nSPS) is 9.86. The SMILES string of the molecule is N#C/C(=C\[S-])Nc1cccc(S)c1.[Na+]. The fourth-order valence-electron chi connectivity index (χ4n) is 0.823. The largest absolute Gasteiger partial charge is 1.00 e. The van der Waals surface area contributed by atoms with Crippen molar-refractivity contribution >= 4 is 30.9 Å². The fraction of sp³-hybridized carbons (Fsp3) is 0. The number of hydrogen-bond donors (Lipinski definition) is 2. The van der Waals surface area contributed by atoms with Gasteiger partial charge in [0.05, 0.1) is 5.70 Å². The molecule has 0 aliphatic carbocycles. The van der Waals surface area contributed by atoms with Gasteiger partial charge in [-0.25, -0.2) is 0 Å². The fourth-order valence-corrected chi connectivity index (χ4v) is 1.16. The van der Waals surface area contributed by atoms with Crippen LogP contribution in [0.4, 0.5) is 5.69 Å². The molecule has 0 saturated carbocycles. The van der Waals surface area contributed by atoms with E-state index in [1.54, 1.807) is 0 Å². The van der Waals surface area contributed by atoms with Crippen LogP contribution in [0.1, 0.15) is 0 Å². The van der Waals surface area contributed by atoms with E-state index in [0.29, 0.717) is 5.70 Å². The maximum Gasteiger partial charge on any atom is 1.00 e. The summed E-state index contributed by atoms with van der Waals surface area (Å²) in [5.74, 6) is 0. The quantitative estimate of drug-likeness (QED) is 0.305. The molecule has 2 nitrogen and oxygen atoms in total. The van der Waals surface area contributed by atoms with E-state index in [-0.39, 0.29) is 29.6 Å². The first-order valence-corrected chi connectivity index (χ1v) is 4.46. The number of allylic oxidation sites excluding steroid dienone is 1. The summed E-state index contributed by atoms with van der Waals surface area (Å²) in [6, 6.07) is 9.31. The average Bonchev–Trinajstić information content (AvgIpc) is 2.14. The summed E-state index contributed by atoms with van der Waals surface area (Å²) < 4.78 is 0. The molecule has 1 N–H and O–H groups in total. The van der Waals surface area contributed by atoms with Gasteiger partial charge in [0.2, 0.25) is 0 Å². The topological polar surface area (TPSA) is 35.8 Å². The molecule has 0 spiro atoms. The summed E-state index contributed by atoms with van der Waals surface area (Å²) in [5.41, 5.74) is 1.17. The molecular formula is C9H7N2NaS2. The van der Waals surface area contributed by atoms with Gasteiger partial charge in [-0.15, -0.1) is 12.6 Å². The number of anilines is 1. The second-order valence-electron chi connectivity index (χ2n) is 2.32. The third-order valence-corrected chi connectivity index (χ3v) is 1.88. The van der Waals surface area contributed by atoms with Crippen molar-refractivity contribution in [2.45, 2.75) is 4.90 Å². The molecule has 0 radical (unpaired) electrons. The van der Waals surface area contributed by atoms with Crippen molar-refractivity contribution in [2.24, 2.45) is 0 Å². The number of hydrogen-bond acceptors (Lipinski definition) is 4. The predicted molar refractivity (Wildman–Crippen MR) is 58.4 cm³/mol. The predicted octanol–water partition coefficient (Wildman–Crippen LogP) is -0.697. The van der Waals surface area contributed by atoms with Crippen molar-refractivity contribution < 1.29 is 29.6 Å². The minimum atomic E-state index is 0. The summed E-state index contributed by atoms with van der Waals surface area (Å²) in [6.45, 7) is 0. The van der Waals surface area contributed by atoms with Crippen molar-refractivity contribution in [2.75, 3.05) is 5.32 Å². The van der Waals surface area contributed by atoms with E-state index in [0.717, 1.165) is 10.6 Å². The van der Waals surface area contributed by atoms with Gasteiger partial charge in [0.25, 0.3) is 0 Å². The standard InChI is InChI=1S/C9H8N2S2.Na/c10-5-8(6-12)11-7-2-1-3-9(13)4-7;/h1-4,6,11-13H;/q;+1/p-1/b8-6+;. The molecule has 14 heavy (non-hydrogen) atoms. The molecule has 0 aliphatic heterocycles. The van der Waals surface area contributed by atoms with E-state index in [1.165, 1.54) is 5.41 Å². The minimum absolute atomic E-state index is 0. The Bertz CT molecular complexity index is 371. The van der Waals surface area contributed by atoms with Crippen LogP contribution in [0.3, 0.4) is 0 Å². The van der Waals surface area contributed by atoms with Crippen LogP contribution in [0.2, 0.25) is 0 Å². The van der Waals surface area contributed by atoms with E-state index in [9.17, 15) is 0 Å². The number of benzene rings is 1. The van der Waals surface area contributed by atoms with E-state index in [1.807, 2.05) is 30.3 Å². The number of rotatable bonds is 2. The van der Waals surface area contributed by atoms with Crippen LogP contribution in [0, 0.1) is 11.3 Å². The Labute approximate surface area is 117 Å². The Hall–Kier alpha value is -0.180. The summed E-state index contributed by atoms with van der Waals surface area (Å²) in [6.07, 6.45) is 0. The van der Waals surface area contributed by atoms with Crippen LogP contribution in [-0.2, 0) is 12.6 Å². The summed E-state index contributed by atoms with van der Waals surface area (Å²) in [5, 5.41) is 12.8. The summed E-state index contributed by atoms with van der Waals surface area (Å²) in [7, 11) is 0. The Morgan fingerprint density at radius 3 is 2.79 bits per heavy atom. The van der Waals surface area contributed by atoms with Crippen LogP contribution >= 0.6 is 12.6 Å². The third kappa shape index (κ3) is 4.36. The van der Waals surface area contributed by atoms with Gasteiger partial charge in [-0.1, -0.05) is 6.07 Å². The van der Waals surface area contributed by atoms with Gasteiger partial charge in [-0.05, 0) is 18.2 Å². The molecule has 0 saturated heterocycles. The molecule has 5 heteroatoms. The van der Waals surface area contributed by atoms with Gasteiger partial charge >= 0.3 is 29.6 Å². The molecule has 1 aromatic carbocycles. The van der Waals surface area contributed by atoms with Gasteiger partial charge < -0.3 is 17.9 Å². The van der Waals surface area contributed by atoms with E-state index < -0.39 is 0 Å². The number of nitrogens with zero attached hydrogens (tertiary/aromatic N) is 1. The molecule has 0 unspecified atom stereocenters. The zero-order chi connectivity index (χ0) is 9.68. The summed E-state index contributed by atoms with van der Waals surface area (Å²) >= 11 is 8.81. The molecule has 0 aromatic heterocycles. The van der Waals surface area contributed by atoms with Crippen molar-refractivity contribution in [1.82, 2.24) is 0 Å². The zero-order valence-corrected chi connectivity index (χ0v) is 11.4. The zero-order valence-electron chi connectivity index (χ0n) is 7.69. The Morgan fingerprint density at radius 1 is 1.57 bits per heavy atom. The first-order valence-electron chi connectivity index (χ1n) is 3.54. The summed E-state index contributed by atoms with van der Waals surface area (Å²) in [4.78, 5) is 0.839. The van der Waals surface area contributed by atoms with Crippen LogP contribution in [0.5, 0.6) is 0 Å². The van der Waals surface area contributed by atoms with Gasteiger partial charge in [0.1, 0.15) is 6.07 Å². The second kappa shape index (κ2) is 7.16. The maximum atomic E-state index is 8.59. The molecular weight excluding hydrogens is 223 g/mol. The first kappa shape index (κ1) is 13.8. The minimum Gasteiger partial charge on any atom is -0.785 e. The maximum absolute atomic E-state index is 8.59. The van der Waals surface area contributed by atoms with Crippen molar-refractivity contribution in [3.63, 3.8) is 0 Å². The number of nitrogens with one attached hydrogen (secondary N) is 1. The number of thiol groups is 1. The second-order valence-corrected chi connectivity index (χ2v) is 3.07. The third-order valence-electron chi connectivity index (χ3n) is 1.36. The number of nitriles is 1. The van der Waals surface area contributed by atoms with E-state index >= 15 is 0 Å². The smallest absolute Gasteiger partial charge is 0.785 e. The van der Waals surface area contributed by atoms with Crippen LogP contribution in [0.25, 0.3) is 0 Å². The van der Waals surface area contributed by atoms with Gasteiger partial charge in [-0.2, -0.15) is 10.7 Å². The average molecular weight is 230 g/mol. The molecule has 66 valence electrons. The van der Waals surface area contributed by atoms with Crippen molar-refractivity contribution in [3.8, 4) is 6.07 Å². The molecule has 0 fully saturated rings. The van der Waals surface area contributed by atoms with Gasteiger partial charge in [-0.3, -0.25) is 0 Å². The molecule has 1 rings (SSSR count). The molecule has 0 bridgehead atoms. The van der Waals surface area contributed by atoms with Crippen LogP contribution in [-0.4, -0.2) is 0 Å². The Morgan fingerprint density at radius 2 is 2.29 bits per heavy atom. The van der Waals surface area contributed by atoms with E-state index in [4.69, 9.17) is 5.26 Å². The van der Waals surface area contributed by atoms with Crippen LogP contribution < -0.4 is 34.9 Å². The van der Waals surface area contributed by atoms with Crippen molar-refractivity contribution in [1.29, 1.82) is 5.26 Å². The van der Waals surface area contributed by atoms with Gasteiger partial charge in [0, 0.05) is 10.6 Å². The van der Waals surface area contributed by atoms with Crippen LogP contribution in [0.15, 0.2) is 40.3 Å². The molecule has 1 aromatic rings. The molecule has 0 aliphatic rings. The van der Waals surface area contributed by atoms with Gasteiger partial charge in [0.15, 0.2) is 0 Å². The molecule has 0 atom stereocenters. The molecule has 0 amide bonds. The molecule has 0 heterocycles. The first-order chi connectivity index (χ1) is 6.26. The monoisotopic (exact) mass is 230 g/mol.